The van der Waals surface area contributed by atoms with Crippen molar-refractivity contribution >= 4 is 47.3 Å². The van der Waals surface area contributed by atoms with E-state index in [1.54, 1.807) is 19.6 Å². The maximum absolute atomic E-state index is 12.9. The first-order valence-corrected chi connectivity index (χ1v) is 29.4. The third-order valence-electron chi connectivity index (χ3n) is 12.4. The molecule has 0 atom stereocenters. The zero-order chi connectivity index (χ0) is 62.2. The number of likely N-dealkylation sites (N-methyl/N-ethyl adjacent to an activating group) is 4. The zero-order valence-corrected chi connectivity index (χ0v) is 52.7. The summed E-state index contributed by atoms with van der Waals surface area (Å²) in [5, 5.41) is 5.88. The van der Waals surface area contributed by atoms with Gasteiger partial charge in [0.1, 0.15) is 63.7 Å². The highest BCUT2D eigenvalue weighted by Crippen LogP contribution is 2.11. The number of carbonyl (C=O) groups is 8. The minimum Gasteiger partial charge on any atom is -0.379 e. The molecule has 0 aromatic heterocycles. The molecule has 0 aromatic carbocycles. The highest BCUT2D eigenvalue weighted by Gasteiger charge is 2.35. The van der Waals surface area contributed by atoms with Gasteiger partial charge in [-0.3, -0.25) is 38.4 Å². The largest absolute Gasteiger partial charge is 0.379 e. The average molecular weight is 1180 g/mol. The summed E-state index contributed by atoms with van der Waals surface area (Å²) < 4.78 is 55.2. The van der Waals surface area contributed by atoms with Gasteiger partial charge in [-0.2, -0.15) is 0 Å². The summed E-state index contributed by atoms with van der Waals surface area (Å²) in [4.78, 5) is 110. The van der Waals surface area contributed by atoms with Crippen LogP contribution in [-0.2, 0) is 85.7 Å². The summed E-state index contributed by atoms with van der Waals surface area (Å²) in [6.07, 6.45) is 0. The first-order chi connectivity index (χ1) is 39.3. The molecule has 0 heterocycles. The Balaban J connectivity index is 0. The number of hydrogen-bond acceptors (Lipinski definition) is 18. The van der Waals surface area contributed by atoms with E-state index < -0.39 is 22.9 Å². The van der Waals surface area contributed by atoms with Gasteiger partial charge in [-0.05, 0) is 96.9 Å². The van der Waals surface area contributed by atoms with Crippen molar-refractivity contribution in [2.24, 2.45) is 0 Å². The Kier molecular flexibility index (Phi) is 48.2. The number of nitrogens with zero attached hydrogens (tertiary/aromatic N) is 6. The lowest BCUT2D eigenvalue weighted by Crippen LogP contribution is -2.59. The van der Waals surface area contributed by atoms with Crippen LogP contribution >= 0.6 is 0 Å². The van der Waals surface area contributed by atoms with Gasteiger partial charge >= 0.3 is 0 Å². The van der Waals surface area contributed by atoms with Crippen LogP contribution in [0.4, 0.5) is 0 Å². The summed E-state index contributed by atoms with van der Waals surface area (Å²) in [6.45, 7) is 32.6. The summed E-state index contributed by atoms with van der Waals surface area (Å²) in [5.41, 5.74) is -1.62. The molecule has 0 aliphatic heterocycles. The van der Waals surface area contributed by atoms with Crippen LogP contribution in [0.1, 0.15) is 96.9 Å². The predicted octanol–water partition coefficient (Wildman–Crippen LogP) is 1.10. The van der Waals surface area contributed by atoms with Crippen LogP contribution in [0, 0.1) is 0 Å². The summed E-state index contributed by atoms with van der Waals surface area (Å²) in [6, 6.07) is 0. The van der Waals surface area contributed by atoms with Gasteiger partial charge in [0.2, 0.25) is 47.3 Å². The Labute approximate surface area is 490 Å². The van der Waals surface area contributed by atoms with Crippen molar-refractivity contribution in [2.75, 3.05) is 211 Å². The third kappa shape index (κ3) is 34.8. The molecular weight excluding hydrogens is 1070 g/mol. The normalized spacial score (nSPS) is 11.3. The van der Waals surface area contributed by atoms with Crippen LogP contribution < -0.4 is 10.6 Å². The molecule has 480 valence electrons. The van der Waals surface area contributed by atoms with Crippen LogP contribution in [0.5, 0.6) is 0 Å². The molecular formula is C56H108N8O18. The van der Waals surface area contributed by atoms with Gasteiger partial charge < -0.3 is 87.4 Å². The number of carbonyl (C=O) groups excluding carboxylic acids is 8. The Morgan fingerprint density at radius 1 is 0.268 bits per heavy atom. The molecule has 26 heteroatoms. The van der Waals surface area contributed by atoms with Crippen molar-refractivity contribution < 1.29 is 85.7 Å². The van der Waals surface area contributed by atoms with E-state index in [4.69, 9.17) is 47.4 Å². The fraction of sp³-hybridized carbons (Fsp3) is 0.857. The van der Waals surface area contributed by atoms with Crippen LogP contribution in [-0.4, -0.2) is 298 Å². The Bertz CT molecular complexity index is 1520. The lowest BCUT2D eigenvalue weighted by molar-refractivity contribution is -0.149. The number of nitrogens with one attached hydrogen (secondary N) is 2. The molecule has 0 aliphatic rings. The molecule has 0 spiro atoms. The van der Waals surface area contributed by atoms with Crippen molar-refractivity contribution in [3.63, 3.8) is 0 Å². The average Bonchev–Trinajstić information content (AvgIpc) is 3.53. The maximum atomic E-state index is 12.9. The van der Waals surface area contributed by atoms with Gasteiger partial charge in [0, 0.05) is 92.0 Å². The quantitative estimate of drug-likeness (QED) is 0.0808. The fourth-order valence-electron chi connectivity index (χ4n) is 7.80. The minimum atomic E-state index is -0.811. The molecule has 0 aromatic rings. The molecule has 0 saturated carbocycles. The second kappa shape index (κ2) is 49.8. The fourth-order valence-corrected chi connectivity index (χ4v) is 7.80. The van der Waals surface area contributed by atoms with E-state index in [1.807, 2.05) is 96.9 Å². The lowest BCUT2D eigenvalue weighted by atomic mass is 10.0. The van der Waals surface area contributed by atoms with E-state index in [2.05, 4.69) is 10.6 Å². The molecule has 0 fully saturated rings. The third-order valence-corrected chi connectivity index (χ3v) is 12.4. The van der Waals surface area contributed by atoms with E-state index in [-0.39, 0.29) is 154 Å². The van der Waals surface area contributed by atoms with Crippen LogP contribution in [0.15, 0.2) is 0 Å². The van der Waals surface area contributed by atoms with E-state index >= 15 is 0 Å². The van der Waals surface area contributed by atoms with Crippen LogP contribution in [0.25, 0.3) is 0 Å². The summed E-state index contributed by atoms with van der Waals surface area (Å²) in [5.74, 6) is -2.73. The van der Waals surface area contributed by atoms with E-state index in [9.17, 15) is 38.4 Å². The molecule has 26 nitrogen and oxygen atoms in total. The van der Waals surface area contributed by atoms with Crippen molar-refractivity contribution in [2.45, 2.75) is 108 Å². The Morgan fingerprint density at radius 2 is 0.463 bits per heavy atom. The van der Waals surface area contributed by atoms with Crippen molar-refractivity contribution in [1.29, 1.82) is 0 Å². The Hall–Kier alpha value is -4.64. The van der Waals surface area contributed by atoms with Crippen molar-refractivity contribution in [3.8, 4) is 0 Å². The second-order valence-electron chi connectivity index (χ2n) is 18.5. The molecule has 2 N–H and O–H groups in total. The summed E-state index contributed by atoms with van der Waals surface area (Å²) in [7, 11) is 0. The SMILES string of the molecule is CCN(CC)C(=O)CN(CC(=O)N(CC)CC)C(=O)COCCOCC(=O)N(CC(=O)N(CC)CC)CC(=O)N(CC)CC.CCOCC(COCC)(COCC)NC(=O)COCCOCC(=O)NC(COCC)(COCC)COCC. The van der Waals surface area contributed by atoms with E-state index in [0.717, 1.165) is 0 Å². The molecule has 0 radical (unpaired) electrons. The van der Waals surface area contributed by atoms with Gasteiger partial charge in [0.15, 0.2) is 0 Å². The molecule has 0 saturated heterocycles. The smallest absolute Gasteiger partial charge is 0.249 e. The first-order valence-electron chi connectivity index (χ1n) is 29.4. The van der Waals surface area contributed by atoms with E-state index in [0.29, 0.717) is 92.0 Å². The number of rotatable bonds is 50. The highest BCUT2D eigenvalue weighted by molar-refractivity contribution is 5.90. The number of hydrogen-bond donors (Lipinski definition) is 2. The maximum Gasteiger partial charge on any atom is 0.249 e. The van der Waals surface area contributed by atoms with Crippen molar-refractivity contribution in [1.82, 2.24) is 40.0 Å². The highest BCUT2D eigenvalue weighted by atomic mass is 16.5. The van der Waals surface area contributed by atoms with Crippen LogP contribution in [0.3, 0.4) is 0 Å². The summed E-state index contributed by atoms with van der Waals surface area (Å²) >= 11 is 0. The monoisotopic (exact) mass is 1180 g/mol. The minimum absolute atomic E-state index is 0.0302. The van der Waals surface area contributed by atoms with Gasteiger partial charge in [0.25, 0.3) is 0 Å². The standard InChI is InChI=1S/C30H56N6O8.C26H52N2O10/c1-9-31(10-2)25(37)19-35(20-26(38)32(11-3)12-4)29(41)23-43-17-18-44-24-30(42)36(21-27(39)33(13-5)14-6)22-28(40)34(15-7)16-8;1-7-31-17-25(18-32-8-2,19-33-9-3)27-23(29)15-37-13-14-38-16-24(30)28-26(20-34-10-4,21-35-11-5)22-36-12-6/h9-24H2,1-8H3;7-22H2,1-6H3,(H,27,29)(H,28,30). The second-order valence-corrected chi connectivity index (χ2v) is 18.5. The van der Waals surface area contributed by atoms with Crippen LogP contribution in [0.2, 0.25) is 0 Å². The lowest BCUT2D eigenvalue weighted by Gasteiger charge is -2.34. The van der Waals surface area contributed by atoms with Gasteiger partial charge in [-0.1, -0.05) is 0 Å². The topological polar surface area (TPSA) is 272 Å². The molecule has 0 bridgehead atoms. The van der Waals surface area contributed by atoms with Crippen molar-refractivity contribution in [3.05, 3.63) is 0 Å². The van der Waals surface area contributed by atoms with Gasteiger partial charge in [-0.25, -0.2) is 0 Å². The molecule has 0 unspecified atom stereocenters. The molecule has 8 amide bonds. The van der Waals surface area contributed by atoms with Gasteiger partial charge in [0.05, 0.1) is 66.1 Å². The Morgan fingerprint density at radius 3 is 0.646 bits per heavy atom. The van der Waals surface area contributed by atoms with E-state index in [1.165, 1.54) is 9.80 Å². The zero-order valence-electron chi connectivity index (χ0n) is 52.7. The number of amides is 8. The van der Waals surface area contributed by atoms with Gasteiger partial charge in [-0.15, -0.1) is 0 Å². The predicted molar refractivity (Wildman–Crippen MR) is 309 cm³/mol. The first kappa shape index (κ1) is 79.4. The molecule has 82 heavy (non-hydrogen) atoms. The molecule has 0 aliphatic carbocycles. The number of ether oxygens (including phenoxy) is 10. The molecule has 0 rings (SSSR count).